The van der Waals surface area contributed by atoms with Crippen molar-refractivity contribution < 1.29 is 23.8 Å². The molecule has 1 atom stereocenters. The highest BCUT2D eigenvalue weighted by Gasteiger charge is 2.30. The summed E-state index contributed by atoms with van der Waals surface area (Å²) < 4.78 is 25.0. The third kappa shape index (κ3) is 3.78. The normalized spacial score (nSPS) is 16.9. The van der Waals surface area contributed by atoms with Crippen LogP contribution in [-0.4, -0.2) is 29.9 Å². The van der Waals surface area contributed by atoms with E-state index in [0.717, 1.165) is 0 Å². The molecule has 1 amide bonds. The molecule has 3 rings (SSSR count). The van der Waals surface area contributed by atoms with E-state index in [1.165, 1.54) is 19.2 Å². The highest BCUT2D eigenvalue weighted by molar-refractivity contribution is 6.08. The van der Waals surface area contributed by atoms with Crippen molar-refractivity contribution in [2.24, 2.45) is 5.10 Å². The number of hydrogen-bond donors (Lipinski definition) is 2. The molecule has 7 heteroatoms. The molecule has 0 aliphatic heterocycles. The number of aromatic hydroxyl groups is 1. The lowest BCUT2D eigenvalue weighted by Gasteiger charge is -2.14. The van der Waals surface area contributed by atoms with E-state index in [0.29, 0.717) is 40.3 Å². The molecule has 148 valence electrons. The van der Waals surface area contributed by atoms with Gasteiger partial charge in [0.2, 0.25) is 0 Å². The number of nitrogens with one attached hydrogen (secondary N) is 1. The van der Waals surface area contributed by atoms with Crippen molar-refractivity contribution in [1.29, 1.82) is 0 Å². The van der Waals surface area contributed by atoms with Gasteiger partial charge in [-0.2, -0.15) is 5.10 Å². The molecule has 1 aliphatic carbocycles. The van der Waals surface area contributed by atoms with Crippen LogP contribution in [0.2, 0.25) is 0 Å². The Hall–Kier alpha value is -3.09. The smallest absolute Gasteiger partial charge is 0.271 e. The van der Waals surface area contributed by atoms with Crippen LogP contribution in [0, 0.1) is 5.82 Å². The maximum Gasteiger partial charge on any atom is 0.271 e. The van der Waals surface area contributed by atoms with Gasteiger partial charge in [-0.1, -0.05) is 6.92 Å². The van der Waals surface area contributed by atoms with Crippen molar-refractivity contribution in [2.45, 2.75) is 39.2 Å². The molecule has 0 spiro atoms. The fourth-order valence-corrected chi connectivity index (χ4v) is 3.31. The van der Waals surface area contributed by atoms with E-state index in [9.17, 15) is 14.3 Å². The van der Waals surface area contributed by atoms with Gasteiger partial charge in [0.1, 0.15) is 11.6 Å². The summed E-state index contributed by atoms with van der Waals surface area (Å²) in [5, 5.41) is 14.2. The van der Waals surface area contributed by atoms with Crippen molar-refractivity contribution in [3.63, 3.8) is 0 Å². The molecular weight excluding hydrogens is 363 g/mol. The summed E-state index contributed by atoms with van der Waals surface area (Å²) in [5.41, 5.74) is 4.04. The van der Waals surface area contributed by atoms with Gasteiger partial charge < -0.3 is 14.6 Å². The molecule has 0 heterocycles. The zero-order chi connectivity index (χ0) is 20.4. The zero-order valence-corrected chi connectivity index (χ0v) is 16.2. The minimum Gasteiger partial charge on any atom is -0.507 e. The van der Waals surface area contributed by atoms with E-state index in [1.807, 2.05) is 20.8 Å². The second-order valence-corrected chi connectivity index (χ2v) is 6.99. The van der Waals surface area contributed by atoms with Gasteiger partial charge in [0.05, 0.1) is 18.9 Å². The van der Waals surface area contributed by atoms with Crippen molar-refractivity contribution in [3.05, 3.63) is 52.8 Å². The van der Waals surface area contributed by atoms with E-state index in [4.69, 9.17) is 9.47 Å². The minimum absolute atomic E-state index is 0.0301. The second kappa shape index (κ2) is 7.88. The average Bonchev–Trinajstić information content (AvgIpc) is 3.00. The molecule has 0 saturated heterocycles. The number of hydrogen-bond acceptors (Lipinski definition) is 5. The first-order chi connectivity index (χ1) is 13.3. The number of ether oxygens (including phenoxy) is 2. The number of carbonyl (C=O) groups is 1. The van der Waals surface area contributed by atoms with E-state index < -0.39 is 5.91 Å². The van der Waals surface area contributed by atoms with Crippen LogP contribution in [0.4, 0.5) is 4.39 Å². The fraction of sp³-hybridized carbons (Fsp3) is 0.333. The van der Waals surface area contributed by atoms with Gasteiger partial charge in [-0.3, -0.25) is 4.79 Å². The Balaban J connectivity index is 1.83. The number of hydrazone groups is 1. The highest BCUT2D eigenvalue weighted by Crippen LogP contribution is 2.39. The minimum atomic E-state index is -0.445. The van der Waals surface area contributed by atoms with Crippen molar-refractivity contribution in [2.75, 3.05) is 7.11 Å². The Labute approximate surface area is 163 Å². The number of methoxy groups -OCH3 is 1. The standard InChI is InChI=1S/C21H23FN2O4/c1-11(2)28-17-8-5-13(10-18(17)27-4)21(26)24-23-15-9-12(3)19-14(22)6-7-16(25)20(15)19/h5-8,10-12,25H,9H2,1-4H3,(H,24,26)/b23-15+/t12-/m0/s1. The molecule has 2 N–H and O–H groups in total. The summed E-state index contributed by atoms with van der Waals surface area (Å²) >= 11 is 0. The summed E-state index contributed by atoms with van der Waals surface area (Å²) in [6.45, 7) is 5.65. The lowest BCUT2D eigenvalue weighted by molar-refractivity contribution is 0.0954. The summed E-state index contributed by atoms with van der Waals surface area (Å²) in [4.78, 5) is 12.5. The SMILES string of the molecule is COc1cc(C(=O)N/N=C2\C[C@H](C)c3c(F)ccc(O)c32)ccc1OC(C)C. The number of phenolic OH excluding ortho intramolecular Hbond substituents is 1. The highest BCUT2D eigenvalue weighted by atomic mass is 19.1. The molecule has 2 aromatic carbocycles. The molecule has 28 heavy (non-hydrogen) atoms. The Morgan fingerprint density at radius 2 is 2.04 bits per heavy atom. The maximum absolute atomic E-state index is 14.1. The van der Waals surface area contributed by atoms with Crippen LogP contribution in [0.15, 0.2) is 35.4 Å². The van der Waals surface area contributed by atoms with Crippen LogP contribution < -0.4 is 14.9 Å². The van der Waals surface area contributed by atoms with Crippen molar-refractivity contribution >= 4 is 11.6 Å². The number of nitrogens with zero attached hydrogens (tertiary/aromatic N) is 1. The number of carbonyl (C=O) groups excluding carboxylic acids is 1. The van der Waals surface area contributed by atoms with Gasteiger partial charge in [-0.15, -0.1) is 0 Å². The summed E-state index contributed by atoms with van der Waals surface area (Å²) in [6.07, 6.45) is 0.395. The molecule has 6 nitrogen and oxygen atoms in total. The molecular formula is C21H23FN2O4. The van der Waals surface area contributed by atoms with Crippen LogP contribution in [0.3, 0.4) is 0 Å². The predicted octanol–water partition coefficient (Wildman–Crippen LogP) is 3.97. The fourth-order valence-electron chi connectivity index (χ4n) is 3.31. The lowest BCUT2D eigenvalue weighted by Crippen LogP contribution is -2.19. The quantitative estimate of drug-likeness (QED) is 0.762. The Morgan fingerprint density at radius 1 is 1.29 bits per heavy atom. The number of rotatable bonds is 5. The predicted molar refractivity (Wildman–Crippen MR) is 104 cm³/mol. The van der Waals surface area contributed by atoms with E-state index in [2.05, 4.69) is 10.5 Å². The van der Waals surface area contributed by atoms with E-state index in [1.54, 1.807) is 18.2 Å². The summed E-state index contributed by atoms with van der Waals surface area (Å²) in [6, 6.07) is 7.36. The number of fused-ring (bicyclic) bond motifs is 1. The summed E-state index contributed by atoms with van der Waals surface area (Å²) in [7, 11) is 1.50. The monoisotopic (exact) mass is 386 g/mol. The Bertz CT molecular complexity index is 940. The maximum atomic E-state index is 14.1. The third-order valence-corrected chi connectivity index (χ3v) is 4.53. The third-order valence-electron chi connectivity index (χ3n) is 4.53. The Kier molecular flexibility index (Phi) is 5.53. The topological polar surface area (TPSA) is 80.2 Å². The Morgan fingerprint density at radius 3 is 2.71 bits per heavy atom. The van der Waals surface area contributed by atoms with Crippen molar-refractivity contribution in [1.82, 2.24) is 5.43 Å². The molecule has 0 bridgehead atoms. The molecule has 0 radical (unpaired) electrons. The molecule has 2 aromatic rings. The van der Waals surface area contributed by atoms with Crippen LogP contribution in [0.5, 0.6) is 17.2 Å². The van der Waals surface area contributed by atoms with Gasteiger partial charge in [-0.05, 0) is 56.5 Å². The van der Waals surface area contributed by atoms with Gasteiger partial charge in [0.25, 0.3) is 5.91 Å². The van der Waals surface area contributed by atoms with Gasteiger partial charge in [0, 0.05) is 16.7 Å². The zero-order valence-electron chi connectivity index (χ0n) is 16.2. The molecule has 1 aliphatic rings. The van der Waals surface area contributed by atoms with Gasteiger partial charge in [0.15, 0.2) is 11.5 Å². The van der Waals surface area contributed by atoms with Crippen LogP contribution in [0.1, 0.15) is 54.6 Å². The van der Waals surface area contributed by atoms with Gasteiger partial charge in [-0.25, -0.2) is 9.82 Å². The largest absolute Gasteiger partial charge is 0.507 e. The second-order valence-electron chi connectivity index (χ2n) is 6.99. The number of amides is 1. The number of phenols is 1. The van der Waals surface area contributed by atoms with E-state index in [-0.39, 0.29) is 23.6 Å². The average molecular weight is 386 g/mol. The molecule has 0 aromatic heterocycles. The van der Waals surface area contributed by atoms with Crippen molar-refractivity contribution in [3.8, 4) is 17.2 Å². The number of benzene rings is 2. The summed E-state index contributed by atoms with van der Waals surface area (Å²) in [5.74, 6) is -0.0371. The lowest BCUT2D eigenvalue weighted by atomic mass is 10.0. The molecule has 0 saturated carbocycles. The molecule has 0 unspecified atom stereocenters. The first kappa shape index (κ1) is 19.7. The van der Waals surface area contributed by atoms with Gasteiger partial charge >= 0.3 is 0 Å². The first-order valence-corrected chi connectivity index (χ1v) is 9.05. The van der Waals surface area contributed by atoms with Crippen LogP contribution in [0.25, 0.3) is 0 Å². The first-order valence-electron chi connectivity index (χ1n) is 9.05. The van der Waals surface area contributed by atoms with Crippen LogP contribution in [-0.2, 0) is 0 Å². The number of halogens is 1. The molecule has 0 fully saturated rings. The van der Waals surface area contributed by atoms with E-state index >= 15 is 0 Å². The van der Waals surface area contributed by atoms with Crippen LogP contribution >= 0.6 is 0 Å².